The van der Waals surface area contributed by atoms with Crippen molar-refractivity contribution in [2.75, 3.05) is 10.6 Å². The number of anilines is 2. The van der Waals surface area contributed by atoms with Crippen molar-refractivity contribution in [3.8, 4) is 0 Å². The number of benzene rings is 4. The van der Waals surface area contributed by atoms with Gasteiger partial charge in [-0.3, -0.25) is 14.4 Å². The highest BCUT2D eigenvalue weighted by Gasteiger charge is 2.26. The number of carbonyl (C=O) groups is 3. The zero-order valence-electron chi connectivity index (χ0n) is 20.0. The molecular formula is C30H25N3O3S. The highest BCUT2D eigenvalue weighted by molar-refractivity contribution is 7.80. The topological polar surface area (TPSA) is 78.5 Å². The molecule has 6 nitrogen and oxygen atoms in total. The normalized spacial score (nSPS) is 10.3. The summed E-state index contributed by atoms with van der Waals surface area (Å²) in [5.74, 6) is -1.06. The van der Waals surface area contributed by atoms with Crippen molar-refractivity contribution >= 4 is 46.4 Å². The number of nitrogens with zero attached hydrogens (tertiary/aromatic N) is 1. The van der Waals surface area contributed by atoms with Crippen LogP contribution in [-0.2, 0) is 22.4 Å². The summed E-state index contributed by atoms with van der Waals surface area (Å²) in [4.78, 5) is 39.8. The minimum atomic E-state index is -0.420. The molecule has 37 heavy (non-hydrogen) atoms. The molecule has 0 aromatic heterocycles. The van der Waals surface area contributed by atoms with Gasteiger partial charge in [0.2, 0.25) is 11.8 Å². The Morgan fingerprint density at radius 2 is 0.973 bits per heavy atom. The largest absolute Gasteiger partial charge is 0.332 e. The second-order valence-electron chi connectivity index (χ2n) is 8.28. The molecule has 4 aromatic carbocycles. The van der Waals surface area contributed by atoms with E-state index in [0.29, 0.717) is 16.9 Å². The van der Waals surface area contributed by atoms with Crippen LogP contribution in [0.3, 0.4) is 0 Å². The van der Waals surface area contributed by atoms with Gasteiger partial charge in [-0.05, 0) is 59.7 Å². The Kier molecular flexibility index (Phi) is 8.52. The predicted octanol–water partition coefficient (Wildman–Crippen LogP) is 5.48. The third kappa shape index (κ3) is 7.19. The highest BCUT2D eigenvalue weighted by atomic mass is 32.1. The lowest BCUT2D eigenvalue weighted by Gasteiger charge is -2.23. The van der Waals surface area contributed by atoms with Gasteiger partial charge in [0.1, 0.15) is 0 Å². The molecule has 0 radical (unpaired) electrons. The second-order valence-corrected chi connectivity index (χ2v) is 8.66. The van der Waals surface area contributed by atoms with Crippen LogP contribution in [0.15, 0.2) is 115 Å². The molecule has 4 rings (SSSR count). The van der Waals surface area contributed by atoms with E-state index in [2.05, 4.69) is 10.6 Å². The number of thiocarbonyl (C=S) groups is 1. The van der Waals surface area contributed by atoms with Crippen molar-refractivity contribution in [3.63, 3.8) is 0 Å². The fraction of sp³-hybridized carbons (Fsp3) is 0.0667. The molecule has 0 aliphatic carbocycles. The molecule has 0 saturated carbocycles. The molecule has 4 aromatic rings. The Hall–Kier alpha value is -4.62. The fourth-order valence-electron chi connectivity index (χ4n) is 3.67. The number of nitrogens with one attached hydrogen (secondary N) is 2. The molecule has 0 fully saturated rings. The van der Waals surface area contributed by atoms with Gasteiger partial charge in [-0.25, -0.2) is 4.90 Å². The van der Waals surface area contributed by atoms with E-state index in [-0.39, 0.29) is 23.9 Å². The first-order valence-corrected chi connectivity index (χ1v) is 12.1. The van der Waals surface area contributed by atoms with Gasteiger partial charge >= 0.3 is 0 Å². The Morgan fingerprint density at radius 1 is 0.568 bits per heavy atom. The standard InChI is InChI=1S/C30H25N3O3S/c34-27(20-22-10-4-1-5-11-22)33(28(35)21-23-12-6-2-7-13-23)30(37)32-26-18-16-25(17-19-26)31-29(36)24-14-8-3-9-15-24/h1-19H,20-21H2,(H,31,36)(H,32,37). The molecule has 0 unspecified atom stereocenters. The van der Waals surface area contributed by atoms with Crippen LogP contribution in [0.4, 0.5) is 11.4 Å². The van der Waals surface area contributed by atoms with Gasteiger partial charge < -0.3 is 10.6 Å². The van der Waals surface area contributed by atoms with E-state index in [9.17, 15) is 14.4 Å². The lowest BCUT2D eigenvalue weighted by Crippen LogP contribution is -2.45. The molecule has 0 bridgehead atoms. The van der Waals surface area contributed by atoms with Crippen LogP contribution in [0.25, 0.3) is 0 Å². The fourth-order valence-corrected chi connectivity index (χ4v) is 4.00. The molecule has 0 spiro atoms. The van der Waals surface area contributed by atoms with Crippen molar-refractivity contribution in [2.45, 2.75) is 12.8 Å². The highest BCUT2D eigenvalue weighted by Crippen LogP contribution is 2.17. The number of carbonyl (C=O) groups excluding carboxylic acids is 3. The molecular weight excluding hydrogens is 482 g/mol. The molecule has 0 saturated heterocycles. The molecule has 2 N–H and O–H groups in total. The van der Waals surface area contributed by atoms with Crippen molar-refractivity contribution in [1.29, 1.82) is 0 Å². The minimum absolute atomic E-state index is 0.0112. The van der Waals surface area contributed by atoms with Crippen LogP contribution in [0.5, 0.6) is 0 Å². The third-order valence-electron chi connectivity index (χ3n) is 5.53. The van der Waals surface area contributed by atoms with Gasteiger partial charge in [0.15, 0.2) is 5.11 Å². The first kappa shape index (κ1) is 25.5. The van der Waals surface area contributed by atoms with Crippen LogP contribution < -0.4 is 10.6 Å². The number of imide groups is 1. The maximum absolute atomic E-state index is 13.2. The SMILES string of the molecule is O=C(Nc1ccc(NC(=S)N(C(=O)Cc2ccccc2)C(=O)Cc2ccccc2)cc1)c1ccccc1. The Morgan fingerprint density at radius 3 is 1.43 bits per heavy atom. The predicted molar refractivity (Wildman–Crippen MR) is 149 cm³/mol. The summed E-state index contributed by atoms with van der Waals surface area (Å²) in [5, 5.41) is 5.81. The van der Waals surface area contributed by atoms with Crippen LogP contribution in [0, 0.1) is 0 Å². The zero-order chi connectivity index (χ0) is 26.0. The summed E-state index contributed by atoms with van der Waals surface area (Å²) in [7, 11) is 0. The molecule has 0 heterocycles. The minimum Gasteiger partial charge on any atom is -0.332 e. The van der Waals surface area contributed by atoms with Gasteiger partial charge in [-0.2, -0.15) is 0 Å². The van der Waals surface area contributed by atoms with E-state index in [4.69, 9.17) is 12.2 Å². The number of rotatable bonds is 7. The lowest BCUT2D eigenvalue weighted by molar-refractivity contribution is -0.138. The van der Waals surface area contributed by atoms with Gasteiger partial charge in [-0.15, -0.1) is 0 Å². The van der Waals surface area contributed by atoms with E-state index in [1.165, 1.54) is 0 Å². The summed E-state index contributed by atoms with van der Waals surface area (Å²) in [6.07, 6.45) is 0.0707. The van der Waals surface area contributed by atoms with Crippen LogP contribution in [0.2, 0.25) is 0 Å². The Balaban J connectivity index is 1.47. The molecule has 3 amide bonds. The van der Waals surface area contributed by atoms with Crippen LogP contribution in [-0.4, -0.2) is 27.7 Å². The summed E-state index contributed by atoms with van der Waals surface area (Å²) >= 11 is 5.51. The van der Waals surface area contributed by atoms with Gasteiger partial charge in [-0.1, -0.05) is 78.9 Å². The maximum atomic E-state index is 13.2. The molecule has 184 valence electrons. The van der Waals surface area contributed by atoms with Crippen molar-refractivity contribution in [2.24, 2.45) is 0 Å². The quantitative estimate of drug-likeness (QED) is 0.324. The monoisotopic (exact) mass is 507 g/mol. The smallest absolute Gasteiger partial charge is 0.255 e. The average Bonchev–Trinajstić information content (AvgIpc) is 2.91. The van der Waals surface area contributed by atoms with Crippen molar-refractivity contribution < 1.29 is 14.4 Å². The number of hydrogen-bond acceptors (Lipinski definition) is 4. The van der Waals surface area contributed by atoms with Gasteiger partial charge in [0.25, 0.3) is 5.91 Å². The van der Waals surface area contributed by atoms with Crippen molar-refractivity contribution in [3.05, 3.63) is 132 Å². The zero-order valence-corrected chi connectivity index (χ0v) is 20.8. The molecule has 7 heteroatoms. The van der Waals surface area contributed by atoms with Gasteiger partial charge in [0.05, 0.1) is 12.8 Å². The number of amides is 3. The second kappa shape index (κ2) is 12.4. The average molecular weight is 508 g/mol. The maximum Gasteiger partial charge on any atom is 0.255 e. The molecule has 0 aliphatic heterocycles. The number of hydrogen-bond donors (Lipinski definition) is 2. The summed E-state index contributed by atoms with van der Waals surface area (Å²) < 4.78 is 0. The third-order valence-corrected chi connectivity index (χ3v) is 5.81. The Bertz CT molecular complexity index is 1320. The van der Waals surface area contributed by atoms with Crippen molar-refractivity contribution in [1.82, 2.24) is 4.90 Å². The summed E-state index contributed by atoms with van der Waals surface area (Å²) in [5.41, 5.74) is 3.29. The first-order chi connectivity index (χ1) is 18.0. The van der Waals surface area contributed by atoms with Gasteiger partial charge in [0, 0.05) is 16.9 Å². The van der Waals surface area contributed by atoms with Crippen LogP contribution in [0.1, 0.15) is 21.5 Å². The molecule has 0 atom stereocenters. The van der Waals surface area contributed by atoms with Crippen LogP contribution >= 0.6 is 12.2 Å². The first-order valence-electron chi connectivity index (χ1n) is 11.7. The Labute approximate surface area is 220 Å². The van der Waals surface area contributed by atoms with E-state index >= 15 is 0 Å². The summed E-state index contributed by atoms with van der Waals surface area (Å²) in [6.45, 7) is 0. The van der Waals surface area contributed by atoms with E-state index in [0.717, 1.165) is 16.0 Å². The van der Waals surface area contributed by atoms with E-state index < -0.39 is 11.8 Å². The lowest BCUT2D eigenvalue weighted by atomic mass is 10.1. The van der Waals surface area contributed by atoms with E-state index in [1.54, 1.807) is 48.5 Å². The molecule has 0 aliphatic rings. The van der Waals surface area contributed by atoms with E-state index in [1.807, 2.05) is 66.7 Å². The summed E-state index contributed by atoms with van der Waals surface area (Å²) in [6, 6.07) is 34.2.